The summed E-state index contributed by atoms with van der Waals surface area (Å²) in [4.78, 5) is 25.6. The molecule has 0 amide bonds. The third-order valence-electron chi connectivity index (χ3n) is 7.31. The van der Waals surface area contributed by atoms with Gasteiger partial charge in [-0.1, -0.05) is 11.2 Å². The van der Waals surface area contributed by atoms with Crippen LogP contribution in [0.15, 0.2) is 48.8 Å². The number of ether oxygens (including phenoxy) is 1. The van der Waals surface area contributed by atoms with Crippen LogP contribution in [0.5, 0.6) is 0 Å². The third-order valence-corrected chi connectivity index (χ3v) is 8.05. The van der Waals surface area contributed by atoms with Crippen LogP contribution in [0.25, 0.3) is 11.3 Å². The zero-order chi connectivity index (χ0) is 28.9. The van der Waals surface area contributed by atoms with Crippen LogP contribution in [0.2, 0.25) is 0 Å². The van der Waals surface area contributed by atoms with Gasteiger partial charge < -0.3 is 19.7 Å². The van der Waals surface area contributed by atoms with E-state index in [1.54, 1.807) is 31.5 Å². The molecule has 0 bridgehead atoms. The molecule has 2 atom stereocenters. The first kappa shape index (κ1) is 29.8. The Kier molecular flexibility index (Phi) is 9.70. The molecule has 40 heavy (non-hydrogen) atoms. The van der Waals surface area contributed by atoms with Crippen LogP contribution >= 0.6 is 0 Å². The Balaban J connectivity index is 1.41. The first-order valence-electron chi connectivity index (χ1n) is 13.2. The summed E-state index contributed by atoms with van der Waals surface area (Å²) in [5, 5.41) is 14.4. The third kappa shape index (κ3) is 7.52. The number of rotatable bonds is 10. The molecule has 3 heterocycles. The van der Waals surface area contributed by atoms with Crippen LogP contribution in [-0.4, -0.2) is 49.2 Å². The summed E-state index contributed by atoms with van der Waals surface area (Å²) in [6, 6.07) is 9.88. The number of hydrogen-bond acceptors (Lipinski definition) is 8. The van der Waals surface area contributed by atoms with Gasteiger partial charge in [0.05, 0.1) is 23.6 Å². The summed E-state index contributed by atoms with van der Waals surface area (Å²) in [5.41, 5.74) is 1.51. The molecule has 0 aromatic carbocycles. The summed E-state index contributed by atoms with van der Waals surface area (Å²) in [5.74, 6) is 0.524. The van der Waals surface area contributed by atoms with E-state index < -0.39 is 23.2 Å². The number of nitrogens with zero attached hydrogens (tertiary/aromatic N) is 3. The fraction of sp³-hybridized carbons (Fsp3) is 0.448. The molecular weight excluding hydrogens is 538 g/mol. The first-order valence-corrected chi connectivity index (χ1v) is 14.9. The summed E-state index contributed by atoms with van der Waals surface area (Å²) < 4.78 is 42.6. The van der Waals surface area contributed by atoms with E-state index in [0.29, 0.717) is 48.6 Å². The van der Waals surface area contributed by atoms with Gasteiger partial charge in [0.1, 0.15) is 29.6 Å². The second-order valence-corrected chi connectivity index (χ2v) is 11.9. The Bertz CT molecular complexity index is 1300. The largest absolute Gasteiger partial charge is 0.616 e. The molecule has 1 aliphatic carbocycles. The number of carbonyl (C=O) groups is 1. The molecule has 8 nitrogen and oxygen atoms in total. The van der Waals surface area contributed by atoms with Gasteiger partial charge in [0.2, 0.25) is 0 Å². The summed E-state index contributed by atoms with van der Waals surface area (Å²) in [6.07, 6.45) is 4.51. The number of halogens is 2. The van der Waals surface area contributed by atoms with Gasteiger partial charge in [0, 0.05) is 23.5 Å². The molecule has 0 aliphatic heterocycles. The van der Waals surface area contributed by atoms with Gasteiger partial charge in [0.15, 0.2) is 0 Å². The van der Waals surface area contributed by atoms with Crippen molar-refractivity contribution in [2.45, 2.75) is 51.6 Å². The Morgan fingerprint density at radius 1 is 1.18 bits per heavy atom. The van der Waals surface area contributed by atoms with Gasteiger partial charge >= 0.3 is 5.97 Å². The van der Waals surface area contributed by atoms with Crippen LogP contribution in [0.3, 0.4) is 0 Å². The van der Waals surface area contributed by atoms with E-state index in [2.05, 4.69) is 20.3 Å². The molecule has 11 heteroatoms. The molecule has 3 aromatic rings. The number of nitrogens with one attached hydrogen (secondary N) is 1. The topological polar surface area (TPSA) is 120 Å². The fourth-order valence-corrected chi connectivity index (χ4v) is 5.30. The molecular formula is C29H34F2N4O4S. The zero-order valence-electron chi connectivity index (χ0n) is 22.8. The summed E-state index contributed by atoms with van der Waals surface area (Å²) >= 11 is -1.00. The van der Waals surface area contributed by atoms with Gasteiger partial charge in [-0.15, -0.1) is 0 Å². The normalized spacial score (nSPS) is 19.6. The van der Waals surface area contributed by atoms with Crippen molar-refractivity contribution in [1.29, 1.82) is 0 Å². The van der Waals surface area contributed by atoms with Gasteiger partial charge in [-0.3, -0.25) is 9.78 Å². The van der Waals surface area contributed by atoms with Crippen molar-refractivity contribution < 1.29 is 28.0 Å². The lowest BCUT2D eigenvalue weighted by molar-refractivity contribution is -0.150. The molecule has 1 unspecified atom stereocenters. The zero-order valence-corrected chi connectivity index (χ0v) is 23.6. The van der Waals surface area contributed by atoms with E-state index in [1.807, 2.05) is 19.1 Å². The van der Waals surface area contributed by atoms with Crippen molar-refractivity contribution in [2.75, 3.05) is 23.9 Å². The molecule has 1 saturated carbocycles. The van der Waals surface area contributed by atoms with Gasteiger partial charge in [0.25, 0.3) is 6.43 Å². The number of aryl methyl sites for hydroxylation is 1. The van der Waals surface area contributed by atoms with Gasteiger partial charge in [-0.25, -0.2) is 18.7 Å². The van der Waals surface area contributed by atoms with E-state index in [9.17, 15) is 23.2 Å². The van der Waals surface area contributed by atoms with E-state index in [4.69, 9.17) is 4.74 Å². The standard InChI is InChI=1S/C29H34F2N4O4S/c1-18-14-23(34-26(15-18)35-25-16-20(27(30)31)10-11-32-25)21-6-9-24(33-17-21)29(2,37)22-7-4-19(5-8-22)28(36)39-12-13-40(3)38/h6,9-11,14-17,19,22,27,37H,4-5,7-8,12-13H2,1-3H3,(H,32,34,35)/t19-,22-,29-,40?/m1/s1. The van der Waals surface area contributed by atoms with Crippen molar-refractivity contribution in [3.63, 3.8) is 0 Å². The number of anilines is 2. The highest BCUT2D eigenvalue weighted by Gasteiger charge is 2.39. The number of aromatic nitrogens is 3. The minimum absolute atomic E-state index is 0.0672. The Hall–Kier alpha value is -3.15. The van der Waals surface area contributed by atoms with E-state index in [1.165, 1.54) is 18.3 Å². The minimum Gasteiger partial charge on any atom is -0.616 e. The van der Waals surface area contributed by atoms with E-state index in [-0.39, 0.29) is 35.8 Å². The fourth-order valence-electron chi connectivity index (χ4n) is 4.98. The van der Waals surface area contributed by atoms with Crippen molar-refractivity contribution >= 4 is 28.8 Å². The molecule has 0 spiro atoms. The average Bonchev–Trinajstić information content (AvgIpc) is 2.92. The lowest BCUT2D eigenvalue weighted by Crippen LogP contribution is -2.37. The molecule has 1 aliphatic rings. The Morgan fingerprint density at radius 3 is 2.58 bits per heavy atom. The molecule has 4 rings (SSSR count). The van der Waals surface area contributed by atoms with Crippen LogP contribution < -0.4 is 5.32 Å². The smallest absolute Gasteiger partial charge is 0.309 e. The quantitative estimate of drug-likeness (QED) is 0.243. The predicted octanol–water partition coefficient (Wildman–Crippen LogP) is 5.46. The number of carbonyl (C=O) groups excluding carboxylic acids is 1. The number of esters is 1. The summed E-state index contributed by atoms with van der Waals surface area (Å²) in [6.45, 7) is 3.82. The maximum absolute atomic E-state index is 13.1. The van der Waals surface area contributed by atoms with E-state index >= 15 is 0 Å². The maximum atomic E-state index is 13.1. The average molecular weight is 573 g/mol. The van der Waals surface area contributed by atoms with E-state index in [0.717, 1.165) is 11.1 Å². The second-order valence-electron chi connectivity index (χ2n) is 10.4. The molecule has 3 aromatic heterocycles. The van der Waals surface area contributed by atoms with Crippen LogP contribution in [0, 0.1) is 18.8 Å². The number of alkyl halides is 2. The number of hydrogen-bond donors (Lipinski definition) is 2. The van der Waals surface area contributed by atoms with Crippen LogP contribution in [-0.2, 0) is 26.3 Å². The Morgan fingerprint density at radius 2 is 1.93 bits per heavy atom. The Labute approximate surface area is 235 Å². The van der Waals surface area contributed by atoms with Crippen molar-refractivity contribution in [1.82, 2.24) is 15.0 Å². The maximum Gasteiger partial charge on any atom is 0.309 e. The van der Waals surface area contributed by atoms with Crippen molar-refractivity contribution in [2.24, 2.45) is 11.8 Å². The minimum atomic E-state index is -2.59. The molecule has 214 valence electrons. The highest BCUT2D eigenvalue weighted by atomic mass is 32.2. The van der Waals surface area contributed by atoms with Crippen molar-refractivity contribution in [3.05, 3.63) is 65.6 Å². The molecule has 0 saturated heterocycles. The highest BCUT2D eigenvalue weighted by Crippen LogP contribution is 2.41. The lowest BCUT2D eigenvalue weighted by atomic mass is 9.73. The lowest BCUT2D eigenvalue weighted by Gasteiger charge is -2.37. The molecule has 1 fully saturated rings. The second kappa shape index (κ2) is 13.0. The van der Waals surface area contributed by atoms with Crippen LogP contribution in [0.4, 0.5) is 20.4 Å². The predicted molar refractivity (Wildman–Crippen MR) is 150 cm³/mol. The molecule has 2 N–H and O–H groups in total. The van der Waals surface area contributed by atoms with Crippen LogP contribution in [0.1, 0.15) is 55.9 Å². The molecule has 0 radical (unpaired) electrons. The summed E-state index contributed by atoms with van der Waals surface area (Å²) in [7, 11) is 0. The number of pyridine rings is 3. The number of aliphatic hydroxyl groups is 1. The SMILES string of the molecule is Cc1cc(Nc2cc(C(F)F)ccn2)nc(-c2ccc([C@](C)(O)[C@H]3CC[C@H](C(=O)OCC[S+](C)[O-])CC3)nc2)c1. The first-order chi connectivity index (χ1) is 19.0. The van der Waals surface area contributed by atoms with Gasteiger partial charge in [-0.2, -0.15) is 0 Å². The monoisotopic (exact) mass is 572 g/mol. The highest BCUT2D eigenvalue weighted by molar-refractivity contribution is 7.90. The van der Waals surface area contributed by atoms with Gasteiger partial charge in [-0.05, 0) is 87.4 Å². The van der Waals surface area contributed by atoms with Crippen molar-refractivity contribution in [3.8, 4) is 11.3 Å².